The Labute approximate surface area is 132 Å². The molecule has 0 atom stereocenters. The number of ketones is 1. The third kappa shape index (κ3) is 2.76. The predicted octanol–water partition coefficient (Wildman–Crippen LogP) is 3.12. The second-order valence-electron chi connectivity index (χ2n) is 5.11. The summed E-state index contributed by atoms with van der Waals surface area (Å²) < 4.78 is 0. The van der Waals surface area contributed by atoms with Crippen LogP contribution in [0.4, 0.5) is 0 Å². The van der Waals surface area contributed by atoms with Gasteiger partial charge in [0.15, 0.2) is 5.78 Å². The second kappa shape index (κ2) is 5.88. The Kier molecular flexibility index (Phi) is 3.76. The Morgan fingerprint density at radius 3 is 2.30 bits per heavy atom. The molecule has 3 rings (SSSR count). The molecule has 0 bridgehead atoms. The van der Waals surface area contributed by atoms with Crippen LogP contribution in [0, 0.1) is 0 Å². The first-order valence-electron chi connectivity index (χ1n) is 6.97. The average molecular weight is 307 g/mol. The molecule has 0 aromatic heterocycles. The first-order valence-corrected chi connectivity index (χ1v) is 6.97. The van der Waals surface area contributed by atoms with Crippen LogP contribution in [0.25, 0.3) is 5.76 Å². The number of hydrogen-bond acceptors (Lipinski definition) is 4. The Morgan fingerprint density at radius 1 is 1.04 bits per heavy atom. The molecule has 0 amide bonds. The molecule has 1 aliphatic carbocycles. The number of fused-ring (bicyclic) bond motifs is 1. The highest BCUT2D eigenvalue weighted by atomic mass is 16.4. The van der Waals surface area contributed by atoms with Gasteiger partial charge in [-0.1, -0.05) is 36.4 Å². The van der Waals surface area contributed by atoms with Crippen molar-refractivity contribution in [3.63, 3.8) is 0 Å². The van der Waals surface area contributed by atoms with E-state index in [1.165, 1.54) is 18.3 Å². The van der Waals surface area contributed by atoms with E-state index in [2.05, 4.69) is 4.99 Å². The highest BCUT2D eigenvalue weighted by Crippen LogP contribution is 2.29. The van der Waals surface area contributed by atoms with Crippen LogP contribution in [-0.4, -0.2) is 28.2 Å². The number of carbonyl (C=O) groups is 2. The Hall–Kier alpha value is -3.21. The van der Waals surface area contributed by atoms with E-state index in [-0.39, 0.29) is 22.7 Å². The van der Waals surface area contributed by atoms with E-state index in [1.54, 1.807) is 36.4 Å². The largest absolute Gasteiger partial charge is 0.506 e. The number of rotatable bonds is 4. The molecule has 0 unspecified atom stereocenters. The molecule has 0 fully saturated rings. The zero-order chi connectivity index (χ0) is 16.4. The molecule has 0 radical (unpaired) electrons. The van der Waals surface area contributed by atoms with Crippen molar-refractivity contribution < 1.29 is 19.8 Å². The molecule has 0 spiro atoms. The number of hydrogen-bond donors (Lipinski definition) is 2. The summed E-state index contributed by atoms with van der Waals surface area (Å²) in [5.41, 5.74) is 2.18. The zero-order valence-electron chi connectivity index (χ0n) is 12.1. The first kappa shape index (κ1) is 14.7. The van der Waals surface area contributed by atoms with Gasteiger partial charge in [0, 0.05) is 17.3 Å². The Morgan fingerprint density at radius 2 is 1.70 bits per heavy atom. The van der Waals surface area contributed by atoms with Crippen LogP contribution in [-0.2, 0) is 6.54 Å². The van der Waals surface area contributed by atoms with Crippen LogP contribution in [0.2, 0.25) is 0 Å². The van der Waals surface area contributed by atoms with Gasteiger partial charge in [0.25, 0.3) is 0 Å². The predicted molar refractivity (Wildman–Crippen MR) is 85.9 cm³/mol. The topological polar surface area (TPSA) is 87.0 Å². The maximum absolute atomic E-state index is 12.2. The standard InChI is InChI=1S/C18H13NO4/c20-16-13-3-1-2-4-14(13)17(21)15(16)10-19-9-11-5-7-12(8-6-11)18(22)23/h1-8,10,20H,9H2,(H,22,23). The van der Waals surface area contributed by atoms with Crippen LogP contribution in [0.5, 0.6) is 0 Å². The first-order chi connectivity index (χ1) is 11.1. The van der Waals surface area contributed by atoms with Crippen molar-refractivity contribution in [2.45, 2.75) is 6.54 Å². The molecule has 0 saturated heterocycles. The van der Waals surface area contributed by atoms with Gasteiger partial charge in [0.1, 0.15) is 5.76 Å². The van der Waals surface area contributed by atoms with E-state index >= 15 is 0 Å². The normalized spacial score (nSPS) is 13.7. The van der Waals surface area contributed by atoms with Crippen molar-refractivity contribution in [3.05, 3.63) is 76.4 Å². The summed E-state index contributed by atoms with van der Waals surface area (Å²) in [6, 6.07) is 13.2. The van der Waals surface area contributed by atoms with Crippen LogP contribution in [0.1, 0.15) is 31.8 Å². The average Bonchev–Trinajstić information content (AvgIpc) is 2.81. The van der Waals surface area contributed by atoms with Crippen molar-refractivity contribution in [1.29, 1.82) is 0 Å². The molecule has 1 aliphatic rings. The van der Waals surface area contributed by atoms with Gasteiger partial charge in [-0.05, 0) is 17.7 Å². The number of Topliss-reactive ketones (excluding diaryl/α,β-unsaturated/α-hetero) is 1. The number of aromatic carboxylic acids is 1. The summed E-state index contributed by atoms with van der Waals surface area (Å²) in [7, 11) is 0. The lowest BCUT2D eigenvalue weighted by Crippen LogP contribution is -2.00. The number of nitrogens with zero attached hydrogens (tertiary/aromatic N) is 1. The van der Waals surface area contributed by atoms with Crippen molar-refractivity contribution >= 4 is 23.7 Å². The van der Waals surface area contributed by atoms with Crippen molar-refractivity contribution in [2.75, 3.05) is 0 Å². The maximum Gasteiger partial charge on any atom is 0.335 e. The van der Waals surface area contributed by atoms with Crippen LogP contribution in [0.15, 0.2) is 59.1 Å². The van der Waals surface area contributed by atoms with E-state index in [4.69, 9.17) is 5.11 Å². The monoisotopic (exact) mass is 307 g/mol. The molecule has 114 valence electrons. The number of carbonyl (C=O) groups excluding carboxylic acids is 1. The molecule has 23 heavy (non-hydrogen) atoms. The van der Waals surface area contributed by atoms with Gasteiger partial charge in [-0.3, -0.25) is 9.79 Å². The summed E-state index contributed by atoms with van der Waals surface area (Å²) in [5.74, 6) is -1.29. The van der Waals surface area contributed by atoms with Crippen LogP contribution < -0.4 is 0 Å². The molecule has 2 aromatic carbocycles. The van der Waals surface area contributed by atoms with E-state index in [0.717, 1.165) is 5.56 Å². The van der Waals surface area contributed by atoms with Gasteiger partial charge in [0.05, 0.1) is 17.7 Å². The number of benzene rings is 2. The number of aliphatic hydroxyl groups is 1. The van der Waals surface area contributed by atoms with Crippen LogP contribution >= 0.6 is 0 Å². The molecule has 0 heterocycles. The third-order valence-electron chi connectivity index (χ3n) is 3.62. The minimum absolute atomic E-state index is 0.0597. The van der Waals surface area contributed by atoms with Crippen molar-refractivity contribution in [2.24, 2.45) is 4.99 Å². The smallest absolute Gasteiger partial charge is 0.335 e. The van der Waals surface area contributed by atoms with Gasteiger partial charge in [-0.25, -0.2) is 4.79 Å². The molecule has 5 heteroatoms. The minimum atomic E-state index is -0.982. The highest BCUT2D eigenvalue weighted by molar-refractivity contribution is 6.30. The Balaban J connectivity index is 1.75. The fraction of sp³-hybridized carbons (Fsp3) is 0.0556. The Bertz CT molecular complexity index is 848. The second-order valence-corrected chi connectivity index (χ2v) is 5.11. The van der Waals surface area contributed by atoms with Crippen molar-refractivity contribution in [3.8, 4) is 0 Å². The third-order valence-corrected chi connectivity index (χ3v) is 3.62. The lowest BCUT2D eigenvalue weighted by Gasteiger charge is -1.98. The fourth-order valence-corrected chi connectivity index (χ4v) is 2.40. The lowest BCUT2D eigenvalue weighted by atomic mass is 10.1. The minimum Gasteiger partial charge on any atom is -0.506 e. The SMILES string of the molecule is O=C(O)c1ccc(CN=CC2=C(O)c3ccccc3C2=O)cc1. The highest BCUT2D eigenvalue weighted by Gasteiger charge is 2.27. The van der Waals surface area contributed by atoms with E-state index in [1.807, 2.05) is 0 Å². The van der Waals surface area contributed by atoms with Crippen molar-refractivity contribution in [1.82, 2.24) is 0 Å². The van der Waals surface area contributed by atoms with Gasteiger partial charge < -0.3 is 10.2 Å². The van der Waals surface area contributed by atoms with E-state index in [9.17, 15) is 14.7 Å². The number of aliphatic hydroxyl groups excluding tert-OH is 1. The summed E-state index contributed by atoms with van der Waals surface area (Å²) in [4.78, 5) is 27.1. The van der Waals surface area contributed by atoms with Gasteiger partial charge in [0.2, 0.25) is 0 Å². The fourth-order valence-electron chi connectivity index (χ4n) is 2.40. The molecule has 0 saturated carbocycles. The van der Waals surface area contributed by atoms with E-state index in [0.29, 0.717) is 17.7 Å². The number of allylic oxidation sites excluding steroid dienone is 1. The van der Waals surface area contributed by atoms with Gasteiger partial charge in [-0.15, -0.1) is 0 Å². The number of aliphatic imine (C=N–C) groups is 1. The molecular formula is C18H13NO4. The molecule has 2 aromatic rings. The van der Waals surface area contributed by atoms with E-state index < -0.39 is 5.97 Å². The number of carboxylic acid groups (broad SMARTS) is 1. The maximum atomic E-state index is 12.2. The quantitative estimate of drug-likeness (QED) is 0.850. The molecule has 5 nitrogen and oxygen atoms in total. The number of carboxylic acids is 1. The summed E-state index contributed by atoms with van der Waals surface area (Å²) in [5, 5.41) is 18.9. The summed E-state index contributed by atoms with van der Waals surface area (Å²) in [6.07, 6.45) is 1.36. The van der Waals surface area contributed by atoms with Crippen LogP contribution in [0.3, 0.4) is 0 Å². The zero-order valence-corrected chi connectivity index (χ0v) is 12.1. The lowest BCUT2D eigenvalue weighted by molar-refractivity contribution is 0.0696. The summed E-state index contributed by atoms with van der Waals surface area (Å²) in [6.45, 7) is 0.292. The summed E-state index contributed by atoms with van der Waals surface area (Å²) >= 11 is 0. The molecule has 0 aliphatic heterocycles. The molecular weight excluding hydrogens is 294 g/mol. The van der Waals surface area contributed by atoms with Gasteiger partial charge >= 0.3 is 5.97 Å². The van der Waals surface area contributed by atoms with Gasteiger partial charge in [-0.2, -0.15) is 0 Å². The molecule has 2 N–H and O–H groups in total.